The third-order valence-corrected chi connectivity index (χ3v) is 2.03. The molecule has 0 aliphatic heterocycles. The van der Waals surface area contributed by atoms with Crippen LogP contribution in [0.4, 0.5) is 13.2 Å². The van der Waals surface area contributed by atoms with Crippen LogP contribution in [-0.2, 0) is 5.67 Å². The van der Waals surface area contributed by atoms with Gasteiger partial charge in [-0.2, -0.15) is 0 Å². The van der Waals surface area contributed by atoms with Crippen LogP contribution in [0.25, 0.3) is 0 Å². The van der Waals surface area contributed by atoms with Crippen LogP contribution in [0.2, 0.25) is 0 Å². The lowest BCUT2D eigenvalue weighted by Crippen LogP contribution is -2.29. The summed E-state index contributed by atoms with van der Waals surface area (Å²) in [6.07, 6.45) is 0. The minimum atomic E-state index is -1.69. The molecule has 0 spiro atoms. The lowest BCUT2D eigenvalue weighted by molar-refractivity contribution is 0.190. The average molecular weight is 203 g/mol. The molecule has 0 heterocycles. The number of nitrogens with one attached hydrogen (secondary N) is 1. The maximum atomic E-state index is 13.8. The van der Waals surface area contributed by atoms with Crippen molar-refractivity contribution in [3.8, 4) is 0 Å². The van der Waals surface area contributed by atoms with Crippen LogP contribution in [0.5, 0.6) is 0 Å². The third kappa shape index (κ3) is 2.26. The summed E-state index contributed by atoms with van der Waals surface area (Å²) in [6.45, 7) is 1.37. The molecule has 78 valence electrons. The smallest absolute Gasteiger partial charge is 0.159 e. The van der Waals surface area contributed by atoms with E-state index in [1.54, 1.807) is 7.05 Å². The predicted octanol–water partition coefficient (Wildman–Crippen LogP) is 2.37. The maximum Gasteiger partial charge on any atom is 0.159 e. The Labute approximate surface area is 80.9 Å². The van der Waals surface area contributed by atoms with E-state index >= 15 is 0 Å². The van der Waals surface area contributed by atoms with E-state index < -0.39 is 17.3 Å². The molecule has 1 aromatic rings. The van der Waals surface area contributed by atoms with Crippen LogP contribution in [-0.4, -0.2) is 13.6 Å². The number of alkyl halides is 1. The number of hydrogen-bond acceptors (Lipinski definition) is 1. The SMILES string of the molecule is CNCC(C)(F)c1ccc(F)c(F)c1. The van der Waals surface area contributed by atoms with Crippen molar-refractivity contribution in [1.29, 1.82) is 0 Å². The van der Waals surface area contributed by atoms with E-state index in [1.165, 1.54) is 13.0 Å². The van der Waals surface area contributed by atoms with Gasteiger partial charge < -0.3 is 5.32 Å². The van der Waals surface area contributed by atoms with Gasteiger partial charge in [0.25, 0.3) is 0 Å². The summed E-state index contributed by atoms with van der Waals surface area (Å²) in [7, 11) is 1.59. The van der Waals surface area contributed by atoms with Gasteiger partial charge in [-0.25, -0.2) is 13.2 Å². The zero-order valence-electron chi connectivity index (χ0n) is 8.07. The Morgan fingerprint density at radius 2 is 1.93 bits per heavy atom. The number of halogens is 3. The number of benzene rings is 1. The molecule has 0 aliphatic carbocycles. The molecule has 1 unspecified atom stereocenters. The molecule has 1 atom stereocenters. The molecule has 0 saturated heterocycles. The average Bonchev–Trinajstić information content (AvgIpc) is 2.09. The lowest BCUT2D eigenvalue weighted by Gasteiger charge is -2.20. The molecule has 1 N–H and O–H groups in total. The molecular formula is C10H12F3N. The zero-order chi connectivity index (χ0) is 10.8. The second-order valence-corrected chi connectivity index (χ2v) is 3.36. The van der Waals surface area contributed by atoms with Crippen molar-refractivity contribution in [1.82, 2.24) is 5.32 Å². The topological polar surface area (TPSA) is 12.0 Å². The van der Waals surface area contributed by atoms with Gasteiger partial charge in [-0.05, 0) is 31.7 Å². The van der Waals surface area contributed by atoms with Gasteiger partial charge in [0.1, 0.15) is 5.67 Å². The highest BCUT2D eigenvalue weighted by atomic mass is 19.2. The van der Waals surface area contributed by atoms with Gasteiger partial charge in [-0.15, -0.1) is 0 Å². The molecule has 0 fully saturated rings. The van der Waals surface area contributed by atoms with Crippen molar-refractivity contribution in [2.75, 3.05) is 13.6 Å². The quantitative estimate of drug-likeness (QED) is 0.795. The molecule has 1 nitrogen and oxygen atoms in total. The second kappa shape index (κ2) is 4.00. The summed E-state index contributed by atoms with van der Waals surface area (Å²) >= 11 is 0. The van der Waals surface area contributed by atoms with E-state index in [9.17, 15) is 13.2 Å². The summed E-state index contributed by atoms with van der Waals surface area (Å²) < 4.78 is 39.1. The Morgan fingerprint density at radius 1 is 1.29 bits per heavy atom. The maximum absolute atomic E-state index is 13.8. The Morgan fingerprint density at radius 3 is 2.43 bits per heavy atom. The highest BCUT2D eigenvalue weighted by Crippen LogP contribution is 2.25. The number of hydrogen-bond donors (Lipinski definition) is 1. The minimum absolute atomic E-state index is 0.0536. The van der Waals surface area contributed by atoms with Crippen LogP contribution >= 0.6 is 0 Å². The van der Waals surface area contributed by atoms with E-state index in [4.69, 9.17) is 0 Å². The van der Waals surface area contributed by atoms with Crippen molar-refractivity contribution in [3.05, 3.63) is 35.4 Å². The van der Waals surface area contributed by atoms with Gasteiger partial charge in [0, 0.05) is 6.54 Å². The fourth-order valence-corrected chi connectivity index (χ4v) is 1.25. The standard InChI is InChI=1S/C10H12F3N/c1-10(13,6-14-2)7-3-4-8(11)9(12)5-7/h3-5,14H,6H2,1-2H3. The fourth-order valence-electron chi connectivity index (χ4n) is 1.25. The van der Waals surface area contributed by atoms with E-state index in [1.807, 2.05) is 0 Å². The monoisotopic (exact) mass is 203 g/mol. The van der Waals surface area contributed by atoms with Crippen LogP contribution in [0.3, 0.4) is 0 Å². The first-order chi connectivity index (χ1) is 6.47. The molecule has 0 radical (unpaired) electrons. The molecular weight excluding hydrogens is 191 g/mol. The van der Waals surface area contributed by atoms with Gasteiger partial charge >= 0.3 is 0 Å². The van der Waals surface area contributed by atoms with Crippen LogP contribution in [0.15, 0.2) is 18.2 Å². The first kappa shape index (κ1) is 11.0. The molecule has 1 rings (SSSR count). The first-order valence-corrected chi connectivity index (χ1v) is 4.26. The van der Waals surface area contributed by atoms with Gasteiger partial charge in [0.2, 0.25) is 0 Å². The minimum Gasteiger partial charge on any atom is -0.316 e. The zero-order valence-corrected chi connectivity index (χ0v) is 8.07. The highest BCUT2D eigenvalue weighted by molar-refractivity contribution is 5.24. The van der Waals surface area contributed by atoms with Crippen molar-refractivity contribution in [2.24, 2.45) is 0 Å². The van der Waals surface area contributed by atoms with Crippen molar-refractivity contribution >= 4 is 0 Å². The third-order valence-electron chi connectivity index (χ3n) is 2.03. The van der Waals surface area contributed by atoms with Gasteiger partial charge in [0.05, 0.1) is 0 Å². The Bertz CT molecular complexity index is 323. The van der Waals surface area contributed by atoms with Gasteiger partial charge in [0.15, 0.2) is 11.6 Å². The van der Waals surface area contributed by atoms with Crippen molar-refractivity contribution in [2.45, 2.75) is 12.6 Å². The Hall–Kier alpha value is -1.03. The van der Waals surface area contributed by atoms with Gasteiger partial charge in [-0.3, -0.25) is 0 Å². The number of likely N-dealkylation sites (N-methyl/N-ethyl adjacent to an activating group) is 1. The summed E-state index contributed by atoms with van der Waals surface area (Å²) in [5, 5.41) is 2.65. The molecule has 4 heteroatoms. The molecule has 1 aromatic carbocycles. The number of rotatable bonds is 3. The first-order valence-electron chi connectivity index (χ1n) is 4.26. The second-order valence-electron chi connectivity index (χ2n) is 3.36. The van der Waals surface area contributed by atoms with Crippen LogP contribution in [0.1, 0.15) is 12.5 Å². The highest BCUT2D eigenvalue weighted by Gasteiger charge is 2.25. The predicted molar refractivity (Wildman–Crippen MR) is 48.7 cm³/mol. The molecule has 0 aliphatic rings. The van der Waals surface area contributed by atoms with Gasteiger partial charge in [-0.1, -0.05) is 6.07 Å². The van der Waals surface area contributed by atoms with E-state index in [0.29, 0.717) is 0 Å². The van der Waals surface area contributed by atoms with E-state index in [-0.39, 0.29) is 12.1 Å². The lowest BCUT2D eigenvalue weighted by atomic mass is 9.98. The summed E-state index contributed by atoms with van der Waals surface area (Å²) in [5.41, 5.74) is -1.56. The van der Waals surface area contributed by atoms with Crippen molar-refractivity contribution in [3.63, 3.8) is 0 Å². The van der Waals surface area contributed by atoms with Crippen LogP contribution in [0, 0.1) is 11.6 Å². The largest absolute Gasteiger partial charge is 0.316 e. The normalized spacial score (nSPS) is 15.2. The summed E-state index contributed by atoms with van der Waals surface area (Å²) in [5.74, 6) is -1.99. The summed E-state index contributed by atoms with van der Waals surface area (Å²) in [4.78, 5) is 0. The summed E-state index contributed by atoms with van der Waals surface area (Å²) in [6, 6.07) is 3.06. The molecule has 0 aromatic heterocycles. The van der Waals surface area contributed by atoms with E-state index in [2.05, 4.69) is 5.32 Å². The molecule has 0 amide bonds. The fraction of sp³-hybridized carbons (Fsp3) is 0.400. The molecule has 14 heavy (non-hydrogen) atoms. The van der Waals surface area contributed by atoms with E-state index in [0.717, 1.165) is 12.1 Å². The van der Waals surface area contributed by atoms with Crippen molar-refractivity contribution < 1.29 is 13.2 Å². The molecule has 0 saturated carbocycles. The molecule has 0 bridgehead atoms. The Balaban J connectivity index is 3.01. The Kier molecular flexibility index (Phi) is 3.16. The van der Waals surface area contributed by atoms with Crippen LogP contribution < -0.4 is 5.32 Å².